The molecule has 0 radical (unpaired) electrons. The van der Waals surface area contributed by atoms with Crippen LogP contribution in [0.1, 0.15) is 43.7 Å². The van der Waals surface area contributed by atoms with Crippen LogP contribution in [-0.2, 0) is 9.53 Å². The molecule has 0 bridgehead atoms. The maximum atomic E-state index is 12.4. The number of carboxylic acid groups (broad SMARTS) is 1. The van der Waals surface area contributed by atoms with Crippen LogP contribution in [0, 0.1) is 5.41 Å². The molecule has 5 heteroatoms. The summed E-state index contributed by atoms with van der Waals surface area (Å²) in [5, 5.41) is 12.2. The van der Waals surface area contributed by atoms with Crippen LogP contribution < -0.4 is 5.32 Å². The maximum absolute atomic E-state index is 12.4. The van der Waals surface area contributed by atoms with Crippen molar-refractivity contribution in [2.75, 3.05) is 6.61 Å². The molecule has 0 aromatic heterocycles. The summed E-state index contributed by atoms with van der Waals surface area (Å²) in [6.07, 6.45) is 0.440. The average molecular weight is 365 g/mol. The molecule has 2 aromatic rings. The van der Waals surface area contributed by atoms with Gasteiger partial charge >= 0.3 is 12.1 Å². The lowest BCUT2D eigenvalue weighted by molar-refractivity contribution is -0.141. The van der Waals surface area contributed by atoms with E-state index in [1.807, 2.05) is 38.1 Å². The quantitative estimate of drug-likeness (QED) is 0.834. The van der Waals surface area contributed by atoms with Gasteiger partial charge in [-0.05, 0) is 35.1 Å². The zero-order valence-electron chi connectivity index (χ0n) is 15.5. The minimum Gasteiger partial charge on any atom is -0.479 e. The maximum Gasteiger partial charge on any atom is 0.408 e. The van der Waals surface area contributed by atoms with E-state index in [0.717, 1.165) is 22.3 Å². The summed E-state index contributed by atoms with van der Waals surface area (Å²) in [7, 11) is 0. The van der Waals surface area contributed by atoms with E-state index in [-0.39, 0.29) is 12.5 Å². The van der Waals surface area contributed by atoms with E-state index < -0.39 is 23.0 Å². The molecule has 4 rings (SSSR count). The van der Waals surface area contributed by atoms with Gasteiger partial charge in [0, 0.05) is 11.3 Å². The largest absolute Gasteiger partial charge is 0.479 e. The van der Waals surface area contributed by atoms with Crippen molar-refractivity contribution in [1.82, 2.24) is 5.32 Å². The van der Waals surface area contributed by atoms with E-state index in [2.05, 4.69) is 29.6 Å². The van der Waals surface area contributed by atoms with Crippen LogP contribution in [-0.4, -0.2) is 29.3 Å². The summed E-state index contributed by atoms with van der Waals surface area (Å²) >= 11 is 0. The molecular formula is C22H23NO4. The van der Waals surface area contributed by atoms with Crippen molar-refractivity contribution in [3.63, 3.8) is 0 Å². The van der Waals surface area contributed by atoms with Gasteiger partial charge in [-0.25, -0.2) is 9.59 Å². The fourth-order valence-corrected chi connectivity index (χ4v) is 4.36. The molecule has 2 atom stereocenters. The number of fused-ring (bicyclic) bond motifs is 3. The summed E-state index contributed by atoms with van der Waals surface area (Å²) in [4.78, 5) is 24.1. The first-order chi connectivity index (χ1) is 12.9. The number of carboxylic acids is 1. The van der Waals surface area contributed by atoms with Gasteiger partial charge in [-0.1, -0.05) is 62.4 Å². The molecule has 1 saturated carbocycles. The Morgan fingerprint density at radius 2 is 1.67 bits per heavy atom. The molecule has 2 aliphatic rings. The molecule has 2 N–H and O–H groups in total. The molecule has 1 amide bonds. The second-order valence-corrected chi connectivity index (χ2v) is 7.75. The Kier molecular flexibility index (Phi) is 3.98. The Bertz CT molecular complexity index is 879. The molecular weight excluding hydrogens is 342 g/mol. The minimum atomic E-state index is -1.22. The molecule has 27 heavy (non-hydrogen) atoms. The molecule has 0 spiro atoms. The molecule has 0 aliphatic heterocycles. The summed E-state index contributed by atoms with van der Waals surface area (Å²) in [6.45, 7) is 3.99. The number of carbonyl (C=O) groups is 2. The third-order valence-corrected chi connectivity index (χ3v) is 6.37. The normalized spacial score (nSPS) is 25.4. The van der Waals surface area contributed by atoms with E-state index in [1.54, 1.807) is 0 Å². The fraction of sp³-hybridized carbons (Fsp3) is 0.364. The Morgan fingerprint density at radius 3 is 2.15 bits per heavy atom. The average Bonchev–Trinajstić information content (AvgIpc) is 3.15. The van der Waals surface area contributed by atoms with E-state index in [9.17, 15) is 14.7 Å². The van der Waals surface area contributed by atoms with E-state index in [1.165, 1.54) is 0 Å². The number of nitrogens with one attached hydrogen (secondary N) is 1. The van der Waals surface area contributed by atoms with Crippen molar-refractivity contribution in [3.8, 4) is 11.1 Å². The number of alkyl carbamates (subject to hydrolysis) is 1. The lowest BCUT2D eigenvalue weighted by atomic mass is 9.98. The number of amides is 1. The minimum absolute atomic E-state index is 0.0410. The molecule has 2 aliphatic carbocycles. The lowest BCUT2D eigenvalue weighted by Crippen LogP contribution is -2.47. The number of hydrogen-bond acceptors (Lipinski definition) is 3. The van der Waals surface area contributed by atoms with Crippen LogP contribution in [0.3, 0.4) is 0 Å². The predicted octanol–water partition coefficient (Wildman–Crippen LogP) is 4.17. The first-order valence-corrected chi connectivity index (χ1v) is 9.28. The van der Waals surface area contributed by atoms with Gasteiger partial charge in [0.25, 0.3) is 0 Å². The van der Waals surface area contributed by atoms with Crippen molar-refractivity contribution in [3.05, 3.63) is 59.7 Å². The number of ether oxygens (including phenoxy) is 1. The number of hydrogen-bond donors (Lipinski definition) is 2. The molecule has 1 fully saturated rings. The Labute approximate surface area is 158 Å². The SMILES string of the molecule is CC[C@]1(C)C[C@]1(NC(=O)OCC1c2ccccc2-c2ccccc21)C(=O)O. The molecule has 0 unspecified atom stereocenters. The van der Waals surface area contributed by atoms with Crippen molar-refractivity contribution in [2.45, 2.75) is 38.1 Å². The second kappa shape index (κ2) is 6.12. The molecule has 0 heterocycles. The van der Waals surface area contributed by atoms with Gasteiger partial charge in [0.2, 0.25) is 0 Å². The second-order valence-electron chi connectivity index (χ2n) is 7.75. The summed E-state index contributed by atoms with van der Waals surface area (Å²) in [5.41, 5.74) is 2.93. The van der Waals surface area contributed by atoms with Gasteiger partial charge in [-0.15, -0.1) is 0 Å². The highest BCUT2D eigenvalue weighted by atomic mass is 16.5. The monoisotopic (exact) mass is 365 g/mol. The number of rotatable bonds is 5. The highest BCUT2D eigenvalue weighted by Crippen LogP contribution is 2.58. The Balaban J connectivity index is 1.50. The Morgan fingerprint density at radius 1 is 1.11 bits per heavy atom. The van der Waals surface area contributed by atoms with Crippen molar-refractivity contribution in [1.29, 1.82) is 0 Å². The summed E-state index contributed by atoms with van der Waals surface area (Å²) in [6, 6.07) is 16.2. The lowest BCUT2D eigenvalue weighted by Gasteiger charge is -2.20. The highest BCUT2D eigenvalue weighted by Gasteiger charge is 2.70. The number of aliphatic carboxylic acids is 1. The summed E-state index contributed by atoms with van der Waals surface area (Å²) in [5.74, 6) is -1.04. The number of benzene rings is 2. The van der Waals surface area contributed by atoms with Crippen LogP contribution in [0.25, 0.3) is 11.1 Å². The standard InChI is InChI=1S/C22H23NO4/c1-3-21(2)13-22(21,19(24)25)23-20(26)27-12-18-16-10-6-4-8-14(16)15-9-5-7-11-17(15)18/h4-11,18H,3,12-13H2,1-2H3,(H,23,26)(H,24,25)/t21-,22+/m1/s1. The van der Waals surface area contributed by atoms with Crippen LogP contribution in [0.4, 0.5) is 4.79 Å². The van der Waals surface area contributed by atoms with Gasteiger partial charge < -0.3 is 15.2 Å². The highest BCUT2D eigenvalue weighted by molar-refractivity contribution is 5.89. The van der Waals surface area contributed by atoms with Crippen LogP contribution in [0.5, 0.6) is 0 Å². The molecule has 0 saturated heterocycles. The third-order valence-electron chi connectivity index (χ3n) is 6.37. The first kappa shape index (κ1) is 17.6. The van der Waals surface area contributed by atoms with Gasteiger partial charge in [-0.3, -0.25) is 0 Å². The van der Waals surface area contributed by atoms with Crippen molar-refractivity contribution >= 4 is 12.1 Å². The van der Waals surface area contributed by atoms with E-state index in [4.69, 9.17) is 4.74 Å². The zero-order chi connectivity index (χ0) is 19.2. The van der Waals surface area contributed by atoms with Crippen molar-refractivity contribution in [2.24, 2.45) is 5.41 Å². The molecule has 2 aromatic carbocycles. The van der Waals surface area contributed by atoms with Crippen LogP contribution in [0.15, 0.2) is 48.5 Å². The third kappa shape index (κ3) is 2.60. The van der Waals surface area contributed by atoms with E-state index in [0.29, 0.717) is 12.8 Å². The number of carbonyl (C=O) groups excluding carboxylic acids is 1. The smallest absolute Gasteiger partial charge is 0.408 e. The fourth-order valence-electron chi connectivity index (χ4n) is 4.36. The van der Waals surface area contributed by atoms with Crippen LogP contribution >= 0.6 is 0 Å². The van der Waals surface area contributed by atoms with E-state index >= 15 is 0 Å². The van der Waals surface area contributed by atoms with Crippen molar-refractivity contribution < 1.29 is 19.4 Å². The van der Waals surface area contributed by atoms with Gasteiger partial charge in [0.15, 0.2) is 0 Å². The molecule has 5 nitrogen and oxygen atoms in total. The zero-order valence-corrected chi connectivity index (χ0v) is 15.5. The van der Waals surface area contributed by atoms with Gasteiger partial charge in [0.05, 0.1) is 0 Å². The van der Waals surface area contributed by atoms with Crippen LogP contribution in [0.2, 0.25) is 0 Å². The Hall–Kier alpha value is -2.82. The summed E-state index contributed by atoms with van der Waals surface area (Å²) < 4.78 is 5.49. The predicted molar refractivity (Wildman–Crippen MR) is 102 cm³/mol. The topological polar surface area (TPSA) is 75.6 Å². The first-order valence-electron chi connectivity index (χ1n) is 9.28. The van der Waals surface area contributed by atoms with Gasteiger partial charge in [0.1, 0.15) is 12.1 Å². The van der Waals surface area contributed by atoms with Gasteiger partial charge in [-0.2, -0.15) is 0 Å². The molecule has 140 valence electrons.